The first kappa shape index (κ1) is 31.6. The van der Waals surface area contributed by atoms with Crippen molar-refractivity contribution in [3.63, 3.8) is 0 Å². The fourth-order valence-corrected chi connectivity index (χ4v) is 8.43. The summed E-state index contributed by atoms with van der Waals surface area (Å²) in [6, 6.07) is 47.1. The minimum atomic E-state index is 0.965. The van der Waals surface area contributed by atoms with E-state index in [-0.39, 0.29) is 0 Å². The van der Waals surface area contributed by atoms with Crippen molar-refractivity contribution in [2.75, 3.05) is 0 Å². The molecule has 3 nitrogen and oxygen atoms in total. The third-order valence-electron chi connectivity index (χ3n) is 10.8. The molecule has 0 radical (unpaired) electrons. The average molecular weight is 672 g/mol. The lowest BCUT2D eigenvalue weighted by atomic mass is 9.92. The molecule has 3 heterocycles. The summed E-state index contributed by atoms with van der Waals surface area (Å²) in [6.07, 6.45) is 9.17. The van der Waals surface area contributed by atoms with Gasteiger partial charge in [-0.3, -0.25) is 0 Å². The molecule has 52 heavy (non-hydrogen) atoms. The molecule has 0 saturated heterocycles. The van der Waals surface area contributed by atoms with Gasteiger partial charge in [0.05, 0.1) is 27.6 Å². The van der Waals surface area contributed by atoms with Crippen molar-refractivity contribution in [1.82, 2.24) is 13.7 Å². The van der Waals surface area contributed by atoms with Gasteiger partial charge in [-0.05, 0) is 111 Å². The van der Waals surface area contributed by atoms with Crippen LogP contribution in [0.2, 0.25) is 0 Å². The molecule has 0 unspecified atom stereocenters. The van der Waals surface area contributed by atoms with Gasteiger partial charge in [0.1, 0.15) is 0 Å². The molecular weight excluding hydrogens is 631 g/mol. The van der Waals surface area contributed by atoms with E-state index < -0.39 is 0 Å². The number of nitrogens with zero attached hydrogens (tertiary/aromatic N) is 3. The van der Waals surface area contributed by atoms with Gasteiger partial charge in [-0.2, -0.15) is 0 Å². The fourth-order valence-electron chi connectivity index (χ4n) is 8.43. The van der Waals surface area contributed by atoms with Crippen LogP contribution in [0.15, 0.2) is 158 Å². The van der Waals surface area contributed by atoms with Crippen LogP contribution in [0.3, 0.4) is 0 Å². The third kappa shape index (κ3) is 4.73. The molecule has 3 aromatic heterocycles. The maximum absolute atomic E-state index is 4.17. The van der Waals surface area contributed by atoms with E-state index in [1.807, 2.05) is 13.0 Å². The lowest BCUT2D eigenvalue weighted by Crippen LogP contribution is -2.00. The zero-order valence-corrected chi connectivity index (χ0v) is 30.2. The lowest BCUT2D eigenvalue weighted by Gasteiger charge is -2.17. The number of para-hydroxylation sites is 2. The van der Waals surface area contributed by atoms with E-state index >= 15 is 0 Å². The van der Waals surface area contributed by atoms with Crippen molar-refractivity contribution in [3.05, 3.63) is 175 Å². The van der Waals surface area contributed by atoms with E-state index in [4.69, 9.17) is 0 Å². The van der Waals surface area contributed by atoms with Crippen LogP contribution in [0.4, 0.5) is 0 Å². The molecule has 252 valence electrons. The van der Waals surface area contributed by atoms with Gasteiger partial charge in [0, 0.05) is 55.3 Å². The molecule has 0 amide bonds. The van der Waals surface area contributed by atoms with Crippen molar-refractivity contribution >= 4 is 60.2 Å². The molecule has 0 N–H and O–H groups in total. The molecular formula is C49H41N3. The predicted molar refractivity (Wildman–Crippen MR) is 224 cm³/mol. The molecule has 0 fully saturated rings. The summed E-state index contributed by atoms with van der Waals surface area (Å²) >= 11 is 0. The SMILES string of the molecule is C=C/C(=C\C=C/C)n1c2ccccc2c2cc3c(cc(C)n3-c3ccc(-n4c5ccccc5c5ccc(CC)c(-c6ccccc6C)c54)cc3)cc21. The van der Waals surface area contributed by atoms with Crippen LogP contribution >= 0.6 is 0 Å². The Balaban J connectivity index is 1.25. The fraction of sp³-hybridized carbons (Fsp3) is 0.102. The molecule has 0 aliphatic carbocycles. The van der Waals surface area contributed by atoms with E-state index in [1.54, 1.807) is 0 Å². The number of aromatic nitrogens is 3. The van der Waals surface area contributed by atoms with Gasteiger partial charge < -0.3 is 13.7 Å². The Bertz CT molecular complexity index is 2920. The second-order valence-corrected chi connectivity index (χ2v) is 13.8. The Hall–Kier alpha value is -6.32. The van der Waals surface area contributed by atoms with E-state index in [0.29, 0.717) is 0 Å². The first-order valence-electron chi connectivity index (χ1n) is 18.2. The van der Waals surface area contributed by atoms with Crippen molar-refractivity contribution in [2.24, 2.45) is 0 Å². The highest BCUT2D eigenvalue weighted by molar-refractivity contribution is 6.16. The Morgan fingerprint density at radius 1 is 0.635 bits per heavy atom. The predicted octanol–water partition coefficient (Wildman–Crippen LogP) is 13.3. The number of rotatable bonds is 7. The number of hydrogen-bond acceptors (Lipinski definition) is 0. The zero-order chi connectivity index (χ0) is 35.5. The average Bonchev–Trinajstić information content (AvgIpc) is 3.80. The molecule has 0 saturated carbocycles. The standard InChI is InChI=1S/C49H41N3/c1-6-9-17-36(8-3)51-44-21-14-13-20-41(44)43-31-46-35(30-47(43)51)29-33(5)50(46)37-24-26-38(27-25-37)52-45-22-15-12-19-40(45)42-28-23-34(7-2)48(49(42)52)39-18-11-10-16-32(39)4/h6,8-31H,3,7H2,1-2,4-5H3/b9-6-,36-17+. The normalized spacial score (nSPS) is 12.4. The summed E-state index contributed by atoms with van der Waals surface area (Å²) in [5.41, 5.74) is 15.9. The van der Waals surface area contributed by atoms with Gasteiger partial charge in [-0.1, -0.05) is 98.5 Å². The molecule has 9 rings (SSSR count). The van der Waals surface area contributed by atoms with Crippen LogP contribution < -0.4 is 0 Å². The summed E-state index contributed by atoms with van der Waals surface area (Å²) < 4.78 is 7.21. The Labute approximate surface area is 304 Å². The molecule has 0 atom stereocenters. The van der Waals surface area contributed by atoms with E-state index in [9.17, 15) is 0 Å². The maximum Gasteiger partial charge on any atom is 0.0622 e. The third-order valence-corrected chi connectivity index (χ3v) is 10.8. The molecule has 0 aliphatic heterocycles. The van der Waals surface area contributed by atoms with Crippen LogP contribution in [-0.4, -0.2) is 13.7 Å². The molecule has 0 spiro atoms. The number of allylic oxidation sites excluding steroid dienone is 5. The van der Waals surface area contributed by atoms with Crippen LogP contribution in [0.25, 0.3) is 82.7 Å². The van der Waals surface area contributed by atoms with Gasteiger partial charge in [0.25, 0.3) is 0 Å². The Kier molecular flexibility index (Phi) is 7.59. The quantitative estimate of drug-likeness (QED) is 0.150. The van der Waals surface area contributed by atoms with Crippen LogP contribution in [-0.2, 0) is 6.42 Å². The van der Waals surface area contributed by atoms with Gasteiger partial charge >= 0.3 is 0 Å². The van der Waals surface area contributed by atoms with Gasteiger partial charge in [0.2, 0.25) is 0 Å². The number of benzene rings is 6. The number of fused-ring (bicyclic) bond motifs is 7. The Morgan fingerprint density at radius 3 is 2.02 bits per heavy atom. The minimum absolute atomic E-state index is 0.965. The highest BCUT2D eigenvalue weighted by Crippen LogP contribution is 2.42. The van der Waals surface area contributed by atoms with Gasteiger partial charge in [0.15, 0.2) is 0 Å². The summed E-state index contributed by atoms with van der Waals surface area (Å²) in [5.74, 6) is 0. The Morgan fingerprint density at radius 2 is 1.31 bits per heavy atom. The van der Waals surface area contributed by atoms with Crippen molar-refractivity contribution in [2.45, 2.75) is 34.1 Å². The maximum atomic E-state index is 4.17. The monoisotopic (exact) mass is 671 g/mol. The van der Waals surface area contributed by atoms with Crippen LogP contribution in [0.1, 0.15) is 30.7 Å². The van der Waals surface area contributed by atoms with Crippen molar-refractivity contribution in [3.8, 4) is 22.5 Å². The summed E-state index contributed by atoms with van der Waals surface area (Å²) in [7, 11) is 0. The topological polar surface area (TPSA) is 14.8 Å². The second kappa shape index (κ2) is 12.5. The number of hydrogen-bond donors (Lipinski definition) is 0. The van der Waals surface area contributed by atoms with Crippen molar-refractivity contribution < 1.29 is 0 Å². The minimum Gasteiger partial charge on any atom is -0.314 e. The smallest absolute Gasteiger partial charge is 0.0622 e. The highest BCUT2D eigenvalue weighted by Gasteiger charge is 2.21. The molecule has 0 aliphatic rings. The highest BCUT2D eigenvalue weighted by atomic mass is 15.0. The second-order valence-electron chi connectivity index (χ2n) is 13.8. The van der Waals surface area contributed by atoms with Crippen LogP contribution in [0, 0.1) is 13.8 Å². The first-order chi connectivity index (χ1) is 25.5. The van der Waals surface area contributed by atoms with E-state index in [2.05, 4.69) is 187 Å². The molecule has 9 aromatic rings. The van der Waals surface area contributed by atoms with E-state index in [1.165, 1.54) is 82.5 Å². The zero-order valence-electron chi connectivity index (χ0n) is 30.2. The van der Waals surface area contributed by atoms with E-state index in [0.717, 1.165) is 23.5 Å². The summed E-state index contributed by atoms with van der Waals surface area (Å²) in [6.45, 7) is 12.9. The first-order valence-corrected chi connectivity index (χ1v) is 18.2. The summed E-state index contributed by atoms with van der Waals surface area (Å²) in [4.78, 5) is 0. The number of aryl methyl sites for hydroxylation is 3. The molecule has 3 heteroatoms. The van der Waals surface area contributed by atoms with Gasteiger partial charge in [-0.15, -0.1) is 0 Å². The van der Waals surface area contributed by atoms with Crippen LogP contribution in [0.5, 0.6) is 0 Å². The molecule has 6 aromatic carbocycles. The largest absolute Gasteiger partial charge is 0.314 e. The van der Waals surface area contributed by atoms with Crippen molar-refractivity contribution in [1.29, 1.82) is 0 Å². The lowest BCUT2D eigenvalue weighted by molar-refractivity contribution is 1.05. The molecule has 0 bridgehead atoms. The van der Waals surface area contributed by atoms with Gasteiger partial charge in [-0.25, -0.2) is 0 Å². The summed E-state index contributed by atoms with van der Waals surface area (Å²) in [5, 5.41) is 6.23.